The number of para-hydroxylation sites is 1. The number of hydrogen-bond donors (Lipinski definition) is 1. The molecule has 0 radical (unpaired) electrons. The summed E-state index contributed by atoms with van der Waals surface area (Å²) in [6.07, 6.45) is 0.652. The average Bonchev–Trinajstić information content (AvgIpc) is 2.87. The average molecular weight is 300 g/mol. The lowest BCUT2D eigenvalue weighted by atomic mass is 9.99. The fraction of sp³-hybridized carbons (Fsp3) is 0.118. The Hall–Kier alpha value is -2.26. The number of anilines is 1. The van der Waals surface area contributed by atoms with E-state index in [-0.39, 0.29) is 5.78 Å². The van der Waals surface area contributed by atoms with Crippen molar-refractivity contribution in [2.45, 2.75) is 13.3 Å². The SMILES string of the molecule is CCc1oc2ccccc2c1C(=O)c1ccc(Cl)c(N)c1. The molecular formula is C17H14ClNO2. The van der Waals surface area contributed by atoms with Gasteiger partial charge in [0, 0.05) is 17.4 Å². The minimum Gasteiger partial charge on any atom is -0.460 e. The van der Waals surface area contributed by atoms with Crippen LogP contribution in [-0.2, 0) is 6.42 Å². The third kappa shape index (κ3) is 2.30. The van der Waals surface area contributed by atoms with E-state index in [2.05, 4.69) is 0 Å². The van der Waals surface area contributed by atoms with Gasteiger partial charge in [0.2, 0.25) is 0 Å². The smallest absolute Gasteiger partial charge is 0.197 e. The van der Waals surface area contributed by atoms with Crippen molar-refractivity contribution in [1.29, 1.82) is 0 Å². The summed E-state index contributed by atoms with van der Waals surface area (Å²) >= 11 is 5.91. The molecule has 1 aromatic heterocycles. The van der Waals surface area contributed by atoms with Gasteiger partial charge in [-0.05, 0) is 24.3 Å². The Morgan fingerprint density at radius 3 is 2.71 bits per heavy atom. The Labute approximate surface area is 127 Å². The molecule has 2 N–H and O–H groups in total. The quantitative estimate of drug-likeness (QED) is 0.574. The van der Waals surface area contributed by atoms with Gasteiger partial charge in [0.15, 0.2) is 5.78 Å². The van der Waals surface area contributed by atoms with Crippen LogP contribution >= 0.6 is 11.6 Å². The third-order valence-electron chi connectivity index (χ3n) is 3.47. The zero-order valence-corrected chi connectivity index (χ0v) is 12.3. The van der Waals surface area contributed by atoms with Gasteiger partial charge in [-0.3, -0.25) is 4.79 Å². The van der Waals surface area contributed by atoms with E-state index in [0.717, 1.165) is 11.0 Å². The van der Waals surface area contributed by atoms with E-state index in [1.54, 1.807) is 18.2 Å². The molecule has 106 valence electrons. The third-order valence-corrected chi connectivity index (χ3v) is 3.82. The summed E-state index contributed by atoms with van der Waals surface area (Å²) in [5.41, 5.74) is 8.02. The minimum atomic E-state index is -0.0971. The van der Waals surface area contributed by atoms with Crippen molar-refractivity contribution in [3.63, 3.8) is 0 Å². The van der Waals surface area contributed by atoms with Gasteiger partial charge in [-0.2, -0.15) is 0 Å². The molecule has 2 aromatic carbocycles. The number of aryl methyl sites for hydroxylation is 1. The molecule has 0 bridgehead atoms. The predicted molar refractivity (Wildman–Crippen MR) is 84.9 cm³/mol. The number of carbonyl (C=O) groups excluding carboxylic acids is 1. The number of ketones is 1. The minimum absolute atomic E-state index is 0.0971. The van der Waals surface area contributed by atoms with E-state index in [1.165, 1.54) is 0 Å². The van der Waals surface area contributed by atoms with Crippen molar-refractivity contribution in [2.24, 2.45) is 0 Å². The van der Waals surface area contributed by atoms with E-state index in [1.807, 2.05) is 31.2 Å². The number of furan rings is 1. The summed E-state index contributed by atoms with van der Waals surface area (Å²) in [5, 5.41) is 1.27. The summed E-state index contributed by atoms with van der Waals surface area (Å²) in [4.78, 5) is 12.8. The first-order valence-corrected chi connectivity index (χ1v) is 7.09. The van der Waals surface area contributed by atoms with Gasteiger partial charge in [0.25, 0.3) is 0 Å². The van der Waals surface area contributed by atoms with Crippen LogP contribution in [0.15, 0.2) is 46.9 Å². The Kier molecular flexibility index (Phi) is 3.43. The molecule has 1 heterocycles. The maximum absolute atomic E-state index is 12.8. The Morgan fingerprint density at radius 1 is 1.24 bits per heavy atom. The lowest BCUT2D eigenvalue weighted by Gasteiger charge is -2.04. The van der Waals surface area contributed by atoms with E-state index in [4.69, 9.17) is 21.8 Å². The number of nitrogen functional groups attached to an aromatic ring is 1. The van der Waals surface area contributed by atoms with Crippen molar-refractivity contribution in [1.82, 2.24) is 0 Å². The number of rotatable bonds is 3. The van der Waals surface area contributed by atoms with Gasteiger partial charge in [0.05, 0.1) is 16.3 Å². The summed E-state index contributed by atoms with van der Waals surface area (Å²) in [6.45, 7) is 1.96. The molecule has 0 amide bonds. The zero-order chi connectivity index (χ0) is 15.0. The number of hydrogen-bond acceptors (Lipinski definition) is 3. The summed E-state index contributed by atoms with van der Waals surface area (Å²) < 4.78 is 5.77. The molecular weight excluding hydrogens is 286 g/mol. The molecule has 4 heteroatoms. The first kappa shape index (κ1) is 13.7. The van der Waals surface area contributed by atoms with Crippen LogP contribution in [0.5, 0.6) is 0 Å². The predicted octanol–water partition coefficient (Wildman–Crippen LogP) is 4.46. The van der Waals surface area contributed by atoms with Crippen molar-refractivity contribution in [2.75, 3.05) is 5.73 Å². The van der Waals surface area contributed by atoms with Gasteiger partial charge in [-0.15, -0.1) is 0 Å². The van der Waals surface area contributed by atoms with Gasteiger partial charge in [0.1, 0.15) is 11.3 Å². The maximum atomic E-state index is 12.8. The van der Waals surface area contributed by atoms with Crippen LogP contribution in [0.1, 0.15) is 28.6 Å². The monoisotopic (exact) mass is 299 g/mol. The number of fused-ring (bicyclic) bond motifs is 1. The second-order valence-electron chi connectivity index (χ2n) is 4.82. The highest BCUT2D eigenvalue weighted by atomic mass is 35.5. The molecule has 0 spiro atoms. The molecule has 21 heavy (non-hydrogen) atoms. The molecule has 0 fully saturated rings. The summed E-state index contributed by atoms with van der Waals surface area (Å²) in [5.74, 6) is 0.592. The lowest BCUT2D eigenvalue weighted by molar-refractivity contribution is 0.103. The first-order chi connectivity index (χ1) is 10.1. The number of carbonyl (C=O) groups is 1. The second-order valence-corrected chi connectivity index (χ2v) is 5.22. The summed E-state index contributed by atoms with van der Waals surface area (Å²) in [6, 6.07) is 12.5. The molecule has 0 unspecified atom stereocenters. The van der Waals surface area contributed by atoms with E-state index in [9.17, 15) is 4.79 Å². The largest absolute Gasteiger partial charge is 0.460 e. The van der Waals surface area contributed by atoms with Crippen molar-refractivity contribution >= 4 is 34.0 Å². The normalized spacial score (nSPS) is 11.0. The van der Waals surface area contributed by atoms with Crippen LogP contribution in [-0.4, -0.2) is 5.78 Å². The number of halogens is 1. The molecule has 0 aliphatic rings. The molecule has 0 atom stereocenters. The maximum Gasteiger partial charge on any atom is 0.197 e. The molecule has 3 rings (SSSR count). The van der Waals surface area contributed by atoms with E-state index in [0.29, 0.717) is 34.0 Å². The highest BCUT2D eigenvalue weighted by Crippen LogP contribution is 2.29. The fourth-order valence-electron chi connectivity index (χ4n) is 2.42. The molecule has 0 saturated heterocycles. The van der Waals surface area contributed by atoms with Gasteiger partial charge >= 0.3 is 0 Å². The first-order valence-electron chi connectivity index (χ1n) is 6.72. The Morgan fingerprint density at radius 2 is 2.00 bits per heavy atom. The Bertz CT molecular complexity index is 836. The van der Waals surface area contributed by atoms with Crippen LogP contribution < -0.4 is 5.73 Å². The summed E-state index contributed by atoms with van der Waals surface area (Å²) in [7, 11) is 0. The van der Waals surface area contributed by atoms with Gasteiger partial charge in [-0.1, -0.05) is 36.7 Å². The highest BCUT2D eigenvalue weighted by molar-refractivity contribution is 6.33. The van der Waals surface area contributed by atoms with Crippen LogP contribution in [0, 0.1) is 0 Å². The van der Waals surface area contributed by atoms with Crippen LogP contribution in [0.25, 0.3) is 11.0 Å². The topological polar surface area (TPSA) is 56.2 Å². The van der Waals surface area contributed by atoms with E-state index < -0.39 is 0 Å². The molecule has 3 aromatic rings. The standard InChI is InChI=1S/C17H14ClNO2/c1-2-14-16(11-5-3-4-6-15(11)21-14)17(20)10-7-8-12(18)13(19)9-10/h3-9H,2,19H2,1H3. The van der Waals surface area contributed by atoms with Crippen LogP contribution in [0.4, 0.5) is 5.69 Å². The van der Waals surface area contributed by atoms with Gasteiger partial charge < -0.3 is 10.2 Å². The van der Waals surface area contributed by atoms with Gasteiger partial charge in [-0.25, -0.2) is 0 Å². The van der Waals surface area contributed by atoms with Crippen molar-refractivity contribution in [3.8, 4) is 0 Å². The van der Waals surface area contributed by atoms with Crippen molar-refractivity contribution in [3.05, 3.63) is 64.4 Å². The molecule has 3 nitrogen and oxygen atoms in total. The lowest BCUT2D eigenvalue weighted by Crippen LogP contribution is -2.04. The molecule has 0 aliphatic heterocycles. The van der Waals surface area contributed by atoms with Crippen LogP contribution in [0.2, 0.25) is 5.02 Å². The second kappa shape index (κ2) is 5.26. The highest BCUT2D eigenvalue weighted by Gasteiger charge is 2.21. The number of nitrogens with two attached hydrogens (primary N) is 1. The molecule has 0 aliphatic carbocycles. The molecule has 0 saturated carbocycles. The van der Waals surface area contributed by atoms with Crippen molar-refractivity contribution < 1.29 is 9.21 Å². The fourth-order valence-corrected chi connectivity index (χ4v) is 2.54. The Balaban J connectivity index is 2.18. The number of benzene rings is 2. The van der Waals surface area contributed by atoms with Crippen LogP contribution in [0.3, 0.4) is 0 Å². The zero-order valence-electron chi connectivity index (χ0n) is 11.5. The van der Waals surface area contributed by atoms with E-state index >= 15 is 0 Å².